The summed E-state index contributed by atoms with van der Waals surface area (Å²) < 4.78 is 0.532. The Morgan fingerprint density at radius 1 is 1.09 bits per heavy atom. The molecule has 0 aliphatic heterocycles. The van der Waals surface area contributed by atoms with Crippen molar-refractivity contribution in [2.24, 2.45) is 10.2 Å². The van der Waals surface area contributed by atoms with Crippen LogP contribution in [0.5, 0.6) is 0 Å². The van der Waals surface area contributed by atoms with Gasteiger partial charge in [0.25, 0.3) is 0 Å². The molecule has 0 fully saturated rings. The number of hydrogen-bond donors (Lipinski definition) is 0. The minimum atomic E-state index is 0. The monoisotopic (exact) mass is 398 g/mol. The fourth-order valence-electron chi connectivity index (χ4n) is 1.49. The molecule has 1 radical (unpaired) electrons. The van der Waals surface area contributed by atoms with Crippen molar-refractivity contribution < 1.29 is 29.5 Å². The maximum atomic E-state index is 5.19. The van der Waals surface area contributed by atoms with Crippen molar-refractivity contribution in [3.05, 3.63) is 66.0 Å². The van der Waals surface area contributed by atoms with Gasteiger partial charge in [0.2, 0.25) is 0 Å². The second kappa shape index (κ2) is 11.6. The molecule has 2 aromatic rings. The van der Waals surface area contributed by atoms with Crippen LogP contribution in [0.25, 0.3) is 0 Å². The first kappa shape index (κ1) is 21.1. The molecule has 0 saturated carbocycles. The minimum absolute atomic E-state index is 0. The first-order chi connectivity index (χ1) is 9.75. The fraction of sp³-hybridized carbons (Fsp3) is 0.133. The Morgan fingerprint density at radius 2 is 1.77 bits per heavy atom. The summed E-state index contributed by atoms with van der Waals surface area (Å²) in [6, 6.07) is 15.8. The zero-order valence-corrected chi connectivity index (χ0v) is 15.1. The van der Waals surface area contributed by atoms with Crippen LogP contribution >= 0.6 is 11.8 Å². The number of benzene rings is 1. The Bertz CT molecular complexity index is 607. The van der Waals surface area contributed by atoms with E-state index in [0.29, 0.717) is 4.38 Å². The van der Waals surface area contributed by atoms with E-state index in [-0.39, 0.29) is 29.5 Å². The van der Waals surface area contributed by atoms with Gasteiger partial charge in [0.1, 0.15) is 0 Å². The summed E-state index contributed by atoms with van der Waals surface area (Å²) in [6.07, 6.45) is 1.73. The number of aromatic nitrogens is 1. The van der Waals surface area contributed by atoms with Gasteiger partial charge >= 0.3 is 17.1 Å². The van der Waals surface area contributed by atoms with Crippen LogP contribution in [0.1, 0.15) is 18.2 Å². The van der Waals surface area contributed by atoms with Crippen molar-refractivity contribution >= 4 is 34.5 Å². The van der Waals surface area contributed by atoms with Crippen LogP contribution in [-0.2, 0) is 35.5 Å². The number of halogens is 1. The van der Waals surface area contributed by atoms with E-state index in [4.69, 9.17) is 12.6 Å². The Hall–Kier alpha value is -0.911. The molecule has 3 nitrogen and oxygen atoms in total. The molecule has 0 aliphatic rings. The van der Waals surface area contributed by atoms with Crippen molar-refractivity contribution in [2.75, 3.05) is 0 Å². The molecule has 0 amide bonds. The van der Waals surface area contributed by atoms with Crippen LogP contribution < -0.4 is 12.4 Å². The molecular formula is C15H14ClCuN3S2. The smallest absolute Gasteiger partial charge is 1.00 e. The Labute approximate surface area is 157 Å². The molecule has 2 rings (SSSR count). The molecule has 119 valence electrons. The fourth-order valence-corrected chi connectivity index (χ4v) is 2.29. The number of thioether (sulfide) groups is 1. The largest absolute Gasteiger partial charge is 2.00 e. The molecule has 0 unspecified atom stereocenters. The van der Waals surface area contributed by atoms with E-state index in [9.17, 15) is 0 Å². The Kier molecular flexibility index (Phi) is 11.1. The van der Waals surface area contributed by atoms with Crippen molar-refractivity contribution in [1.29, 1.82) is 0 Å². The number of nitrogens with zero attached hydrogens (tertiary/aromatic N) is 3. The van der Waals surface area contributed by atoms with Crippen molar-refractivity contribution in [2.45, 2.75) is 12.7 Å². The van der Waals surface area contributed by atoms with E-state index in [0.717, 1.165) is 17.2 Å². The summed E-state index contributed by atoms with van der Waals surface area (Å²) in [5.74, 6) is 0.807. The second-order valence-corrected chi connectivity index (χ2v) is 5.65. The third kappa shape index (κ3) is 7.38. The van der Waals surface area contributed by atoms with Gasteiger partial charge in [-0.25, -0.2) is 0 Å². The molecule has 0 spiro atoms. The molecule has 0 N–H and O–H groups in total. The normalized spacial score (nSPS) is 11.3. The van der Waals surface area contributed by atoms with Gasteiger partial charge in [-0.05, 0) is 29.0 Å². The second-order valence-electron chi connectivity index (χ2n) is 4.04. The zero-order valence-electron chi connectivity index (χ0n) is 11.7. The van der Waals surface area contributed by atoms with Gasteiger partial charge in [-0.2, -0.15) is 10.2 Å². The maximum absolute atomic E-state index is 5.19. The summed E-state index contributed by atoms with van der Waals surface area (Å²) in [5, 5.41) is 8.18. The maximum Gasteiger partial charge on any atom is 2.00 e. The number of rotatable bonds is 4. The average Bonchev–Trinajstić information content (AvgIpc) is 2.52. The van der Waals surface area contributed by atoms with Crippen LogP contribution in [0.2, 0.25) is 0 Å². The van der Waals surface area contributed by atoms with Crippen LogP contribution in [0, 0.1) is 0 Å². The standard InChI is InChI=1S/C15H15N3S2.ClH.Cu/c1-12(14-9-5-6-10-16-14)17-18-15(19)20-11-13-7-3-2-4-8-13;;/h2-10H,11H2,1H3,(H,18,19);1H;/q;;+2/p-2/b17-12+;;. The zero-order chi connectivity index (χ0) is 14.2. The van der Waals surface area contributed by atoms with Crippen molar-refractivity contribution in [1.82, 2.24) is 4.98 Å². The SMILES string of the molecule is C/C(=N\N=C(/[S-])SCc1ccccc1)c1ccccn1.[Cl-].[Cu+2]. The molecule has 1 aromatic carbocycles. The van der Waals surface area contributed by atoms with Gasteiger partial charge in [0, 0.05) is 11.9 Å². The van der Waals surface area contributed by atoms with Crippen LogP contribution in [-0.4, -0.2) is 15.1 Å². The molecular weight excluding hydrogens is 385 g/mol. The van der Waals surface area contributed by atoms with E-state index in [1.54, 1.807) is 6.20 Å². The van der Waals surface area contributed by atoms with Crippen molar-refractivity contribution in [3.8, 4) is 0 Å². The average molecular weight is 399 g/mol. The van der Waals surface area contributed by atoms with Crippen LogP contribution in [0.15, 0.2) is 64.9 Å². The van der Waals surface area contributed by atoms with Crippen molar-refractivity contribution in [3.63, 3.8) is 0 Å². The first-order valence-corrected chi connectivity index (χ1v) is 7.52. The van der Waals surface area contributed by atoms with Gasteiger partial charge in [-0.1, -0.05) is 36.4 Å². The molecule has 0 atom stereocenters. The van der Waals surface area contributed by atoms with Gasteiger partial charge in [0.05, 0.1) is 11.4 Å². The van der Waals surface area contributed by atoms with Gasteiger partial charge < -0.3 is 25.0 Å². The van der Waals surface area contributed by atoms with E-state index >= 15 is 0 Å². The quantitative estimate of drug-likeness (QED) is 0.249. The summed E-state index contributed by atoms with van der Waals surface area (Å²) in [5.41, 5.74) is 2.79. The van der Waals surface area contributed by atoms with Crippen LogP contribution in [0.3, 0.4) is 0 Å². The third-order valence-electron chi connectivity index (χ3n) is 2.52. The van der Waals surface area contributed by atoms with Gasteiger partial charge in [0.15, 0.2) is 0 Å². The number of hydrogen-bond acceptors (Lipinski definition) is 5. The minimum Gasteiger partial charge on any atom is -1.00 e. The molecule has 0 saturated heterocycles. The summed E-state index contributed by atoms with van der Waals surface area (Å²) in [7, 11) is 0. The predicted molar refractivity (Wildman–Crippen MR) is 89.0 cm³/mol. The summed E-state index contributed by atoms with van der Waals surface area (Å²) >= 11 is 6.69. The predicted octanol–water partition coefficient (Wildman–Crippen LogP) is 0.643. The first-order valence-electron chi connectivity index (χ1n) is 6.13. The Morgan fingerprint density at radius 3 is 2.41 bits per heavy atom. The third-order valence-corrected chi connectivity index (χ3v) is 3.76. The summed E-state index contributed by atoms with van der Waals surface area (Å²) in [4.78, 5) is 4.21. The Balaban J connectivity index is 0.00000220. The van der Waals surface area contributed by atoms with E-state index in [1.807, 2.05) is 43.3 Å². The molecule has 1 aromatic heterocycles. The van der Waals surface area contributed by atoms with Crippen LogP contribution in [0.4, 0.5) is 0 Å². The van der Waals surface area contributed by atoms with E-state index in [2.05, 4.69) is 27.3 Å². The topological polar surface area (TPSA) is 37.6 Å². The van der Waals surface area contributed by atoms with Gasteiger partial charge in [-0.15, -0.1) is 11.8 Å². The molecule has 0 bridgehead atoms. The summed E-state index contributed by atoms with van der Waals surface area (Å²) in [6.45, 7) is 1.87. The van der Waals surface area contributed by atoms with E-state index in [1.165, 1.54) is 17.3 Å². The van der Waals surface area contributed by atoms with E-state index < -0.39 is 0 Å². The molecule has 22 heavy (non-hydrogen) atoms. The number of pyridine rings is 1. The van der Waals surface area contributed by atoms with Gasteiger partial charge in [-0.3, -0.25) is 4.98 Å². The molecule has 1 heterocycles. The molecule has 0 aliphatic carbocycles. The molecule has 7 heteroatoms.